The summed E-state index contributed by atoms with van der Waals surface area (Å²) < 4.78 is 39.3. The summed E-state index contributed by atoms with van der Waals surface area (Å²) in [5, 5.41) is 12.3. The van der Waals surface area contributed by atoms with Gasteiger partial charge in [0.15, 0.2) is 6.61 Å². The molecule has 2 atom stereocenters. The van der Waals surface area contributed by atoms with E-state index in [0.29, 0.717) is 18.8 Å². The zero-order chi connectivity index (χ0) is 13.8. The first-order valence-electron chi connectivity index (χ1n) is 5.90. The Balaban J connectivity index is 2.29. The van der Waals surface area contributed by atoms with Crippen molar-refractivity contribution in [2.45, 2.75) is 44.4 Å². The van der Waals surface area contributed by atoms with Gasteiger partial charge in [-0.3, -0.25) is 0 Å². The van der Waals surface area contributed by atoms with Gasteiger partial charge in [-0.1, -0.05) is 19.8 Å². The highest BCUT2D eigenvalue weighted by molar-refractivity contribution is 5.67. The predicted octanol–water partition coefficient (Wildman–Crippen LogP) is 2.22. The van der Waals surface area contributed by atoms with Crippen LogP contribution in [0.1, 0.15) is 32.6 Å². The number of alkyl halides is 3. The standard InChI is InChI=1S/C11H18F3NO3/c1-8-3-2-4-10(17,5-8)6-15-9(16)18-7-11(12,13)14/h8,17H,2-7H2,1H3,(H,15,16). The molecule has 0 aromatic carbocycles. The van der Waals surface area contributed by atoms with Gasteiger partial charge in [0.1, 0.15) is 0 Å². The summed E-state index contributed by atoms with van der Waals surface area (Å²) >= 11 is 0. The van der Waals surface area contributed by atoms with Crippen molar-refractivity contribution in [1.82, 2.24) is 5.32 Å². The number of rotatable bonds is 3. The number of nitrogens with one attached hydrogen (secondary N) is 1. The zero-order valence-corrected chi connectivity index (χ0v) is 10.2. The second-order valence-electron chi connectivity index (χ2n) is 4.97. The summed E-state index contributed by atoms with van der Waals surface area (Å²) in [6, 6.07) is 0. The highest BCUT2D eigenvalue weighted by Gasteiger charge is 2.34. The van der Waals surface area contributed by atoms with E-state index in [1.54, 1.807) is 0 Å². The molecule has 106 valence electrons. The van der Waals surface area contributed by atoms with Gasteiger partial charge in [-0.2, -0.15) is 13.2 Å². The Morgan fingerprint density at radius 1 is 1.56 bits per heavy atom. The molecule has 0 heterocycles. The van der Waals surface area contributed by atoms with E-state index in [1.165, 1.54) is 0 Å². The lowest BCUT2D eigenvalue weighted by molar-refractivity contribution is -0.160. The van der Waals surface area contributed by atoms with Gasteiger partial charge in [-0.25, -0.2) is 4.79 Å². The van der Waals surface area contributed by atoms with Crippen molar-refractivity contribution in [3.05, 3.63) is 0 Å². The topological polar surface area (TPSA) is 58.6 Å². The number of hydrogen-bond donors (Lipinski definition) is 2. The normalized spacial score (nSPS) is 28.8. The van der Waals surface area contributed by atoms with Crippen molar-refractivity contribution in [2.75, 3.05) is 13.2 Å². The summed E-state index contributed by atoms with van der Waals surface area (Å²) in [7, 11) is 0. The Morgan fingerprint density at radius 2 is 2.22 bits per heavy atom. The first kappa shape index (κ1) is 15.1. The quantitative estimate of drug-likeness (QED) is 0.826. The van der Waals surface area contributed by atoms with Crippen LogP contribution in [0.3, 0.4) is 0 Å². The number of carbonyl (C=O) groups is 1. The van der Waals surface area contributed by atoms with E-state index >= 15 is 0 Å². The maximum absolute atomic E-state index is 11.8. The lowest BCUT2D eigenvalue weighted by Gasteiger charge is -2.35. The van der Waals surface area contributed by atoms with Crippen LogP contribution in [-0.4, -0.2) is 36.1 Å². The second-order valence-corrected chi connectivity index (χ2v) is 4.97. The number of halogens is 3. The third kappa shape index (κ3) is 5.57. The summed E-state index contributed by atoms with van der Waals surface area (Å²) in [5.41, 5.74) is -1.03. The molecule has 18 heavy (non-hydrogen) atoms. The molecule has 7 heteroatoms. The number of carbonyl (C=O) groups excluding carboxylic acids is 1. The Bertz CT molecular complexity index is 296. The van der Waals surface area contributed by atoms with Crippen LogP contribution in [0, 0.1) is 5.92 Å². The van der Waals surface area contributed by atoms with Crippen molar-refractivity contribution in [3.8, 4) is 0 Å². The fourth-order valence-electron chi connectivity index (χ4n) is 2.23. The van der Waals surface area contributed by atoms with E-state index in [2.05, 4.69) is 10.1 Å². The van der Waals surface area contributed by atoms with E-state index in [1.807, 2.05) is 6.92 Å². The molecular formula is C11H18F3NO3. The van der Waals surface area contributed by atoms with Crippen LogP contribution >= 0.6 is 0 Å². The molecule has 0 spiro atoms. The average molecular weight is 269 g/mol. The van der Waals surface area contributed by atoms with E-state index in [0.717, 1.165) is 12.8 Å². The van der Waals surface area contributed by atoms with Crippen molar-refractivity contribution in [3.63, 3.8) is 0 Å². The first-order valence-corrected chi connectivity index (χ1v) is 5.90. The molecule has 1 rings (SSSR count). The highest BCUT2D eigenvalue weighted by atomic mass is 19.4. The van der Waals surface area contributed by atoms with Gasteiger partial charge in [0.2, 0.25) is 0 Å². The summed E-state index contributed by atoms with van der Waals surface area (Å²) in [5.74, 6) is 0.344. The van der Waals surface area contributed by atoms with E-state index in [-0.39, 0.29) is 6.54 Å². The molecule has 0 bridgehead atoms. The van der Waals surface area contributed by atoms with Crippen LogP contribution in [0.4, 0.5) is 18.0 Å². The number of amides is 1. The molecule has 1 saturated carbocycles. The minimum absolute atomic E-state index is 0.0754. The smallest absolute Gasteiger partial charge is 0.422 e. The zero-order valence-electron chi connectivity index (χ0n) is 10.2. The van der Waals surface area contributed by atoms with E-state index < -0.39 is 24.5 Å². The molecule has 4 nitrogen and oxygen atoms in total. The van der Waals surface area contributed by atoms with Gasteiger partial charge in [-0.15, -0.1) is 0 Å². The van der Waals surface area contributed by atoms with Crippen LogP contribution in [0.15, 0.2) is 0 Å². The molecule has 0 saturated heterocycles. The Hall–Kier alpha value is -0.980. The first-order chi connectivity index (χ1) is 8.20. The lowest BCUT2D eigenvalue weighted by Crippen LogP contribution is -2.46. The maximum Gasteiger partial charge on any atom is 0.422 e. The number of ether oxygens (including phenoxy) is 1. The van der Waals surface area contributed by atoms with Crippen LogP contribution in [0.2, 0.25) is 0 Å². The monoisotopic (exact) mass is 269 g/mol. The molecule has 1 amide bonds. The van der Waals surface area contributed by atoms with Crippen LogP contribution < -0.4 is 5.32 Å². The van der Waals surface area contributed by atoms with Gasteiger partial charge in [0.25, 0.3) is 0 Å². The SMILES string of the molecule is CC1CCCC(O)(CNC(=O)OCC(F)(F)F)C1. The lowest BCUT2D eigenvalue weighted by atomic mass is 9.79. The average Bonchev–Trinajstić information content (AvgIpc) is 2.22. The highest BCUT2D eigenvalue weighted by Crippen LogP contribution is 2.31. The molecular weight excluding hydrogens is 251 g/mol. The Kier molecular flexibility index (Phi) is 4.84. The minimum atomic E-state index is -4.53. The van der Waals surface area contributed by atoms with Gasteiger partial charge in [0.05, 0.1) is 5.60 Å². The van der Waals surface area contributed by atoms with E-state index in [4.69, 9.17) is 0 Å². The minimum Gasteiger partial charge on any atom is -0.440 e. The molecule has 1 aliphatic rings. The number of hydrogen-bond acceptors (Lipinski definition) is 3. The molecule has 1 fully saturated rings. The molecule has 1 aliphatic carbocycles. The molecule has 0 aromatic heterocycles. The molecule has 2 N–H and O–H groups in total. The molecule has 2 unspecified atom stereocenters. The number of aliphatic hydroxyl groups is 1. The molecule has 0 aliphatic heterocycles. The largest absolute Gasteiger partial charge is 0.440 e. The van der Waals surface area contributed by atoms with Crippen LogP contribution in [-0.2, 0) is 4.74 Å². The van der Waals surface area contributed by atoms with Gasteiger partial charge >= 0.3 is 12.3 Å². The summed E-state index contributed by atoms with van der Waals surface area (Å²) in [6.07, 6.45) is -2.76. The van der Waals surface area contributed by atoms with Crippen molar-refractivity contribution >= 4 is 6.09 Å². The van der Waals surface area contributed by atoms with Crippen LogP contribution in [0.25, 0.3) is 0 Å². The van der Waals surface area contributed by atoms with Gasteiger partial charge < -0.3 is 15.2 Å². The Labute approximate surface area is 103 Å². The van der Waals surface area contributed by atoms with Crippen molar-refractivity contribution in [1.29, 1.82) is 0 Å². The fraction of sp³-hybridized carbons (Fsp3) is 0.909. The number of alkyl carbamates (subject to hydrolysis) is 1. The fourth-order valence-corrected chi connectivity index (χ4v) is 2.23. The van der Waals surface area contributed by atoms with E-state index in [9.17, 15) is 23.1 Å². The van der Waals surface area contributed by atoms with Gasteiger partial charge in [-0.05, 0) is 18.8 Å². The maximum atomic E-state index is 11.8. The Morgan fingerprint density at radius 3 is 2.78 bits per heavy atom. The van der Waals surface area contributed by atoms with Gasteiger partial charge in [0, 0.05) is 6.54 Å². The second kappa shape index (κ2) is 5.77. The van der Waals surface area contributed by atoms with Crippen molar-refractivity contribution < 1.29 is 27.8 Å². The molecule has 0 radical (unpaired) electrons. The predicted molar refractivity (Wildman–Crippen MR) is 58.0 cm³/mol. The third-order valence-corrected chi connectivity index (χ3v) is 3.00. The third-order valence-electron chi connectivity index (χ3n) is 3.00. The van der Waals surface area contributed by atoms with Crippen LogP contribution in [0.5, 0.6) is 0 Å². The summed E-state index contributed by atoms with van der Waals surface area (Å²) in [6.45, 7) is 0.299. The van der Waals surface area contributed by atoms with Crippen molar-refractivity contribution in [2.24, 2.45) is 5.92 Å². The summed E-state index contributed by atoms with van der Waals surface area (Å²) in [4.78, 5) is 11.0. The molecule has 0 aromatic rings.